The van der Waals surface area contributed by atoms with Crippen LogP contribution in [-0.2, 0) is 6.42 Å². The topological polar surface area (TPSA) is 28.5 Å². The molecule has 2 aliphatic rings. The van der Waals surface area contributed by atoms with E-state index in [1.807, 2.05) is 23.1 Å². The van der Waals surface area contributed by atoms with Gasteiger partial charge in [-0.15, -0.1) is 0 Å². The summed E-state index contributed by atoms with van der Waals surface area (Å²) in [5.74, 6) is 0.00675. The van der Waals surface area contributed by atoms with Crippen LogP contribution in [0.3, 0.4) is 0 Å². The molecule has 33 heavy (non-hydrogen) atoms. The summed E-state index contributed by atoms with van der Waals surface area (Å²) in [6.45, 7) is 7.10. The van der Waals surface area contributed by atoms with Gasteiger partial charge < -0.3 is 14.4 Å². The van der Waals surface area contributed by atoms with Crippen molar-refractivity contribution < 1.29 is 9.18 Å². The molecule has 3 aromatic rings. The highest BCUT2D eigenvalue weighted by atomic mass is 19.1. The van der Waals surface area contributed by atoms with Crippen LogP contribution >= 0.6 is 0 Å². The summed E-state index contributed by atoms with van der Waals surface area (Å²) < 4.78 is 15.6. The number of aryl methyl sites for hydroxylation is 1. The van der Waals surface area contributed by atoms with Crippen molar-refractivity contribution in [2.24, 2.45) is 0 Å². The number of benzene rings is 2. The van der Waals surface area contributed by atoms with Crippen molar-refractivity contribution in [2.75, 3.05) is 32.7 Å². The van der Waals surface area contributed by atoms with Crippen LogP contribution in [0.5, 0.6) is 0 Å². The van der Waals surface area contributed by atoms with Crippen molar-refractivity contribution in [3.63, 3.8) is 0 Å². The Labute approximate surface area is 196 Å². The molecular formula is C28H34FN3O. The number of hydrogen-bond donors (Lipinski definition) is 0. The van der Waals surface area contributed by atoms with E-state index in [-0.39, 0.29) is 11.7 Å². The summed E-state index contributed by atoms with van der Waals surface area (Å²) >= 11 is 0. The molecular weight excluding hydrogens is 413 g/mol. The number of nitrogens with zero attached hydrogens (tertiary/aromatic N) is 3. The minimum Gasteiger partial charge on any atom is -0.342 e. The monoisotopic (exact) mass is 447 g/mol. The molecule has 0 saturated carbocycles. The lowest BCUT2D eigenvalue weighted by Crippen LogP contribution is -2.36. The number of carbonyl (C=O) groups excluding carboxylic acids is 1. The predicted molar refractivity (Wildman–Crippen MR) is 131 cm³/mol. The summed E-state index contributed by atoms with van der Waals surface area (Å²) in [5, 5.41) is 1.22. The molecule has 0 atom stereocenters. The molecule has 0 unspecified atom stereocenters. The van der Waals surface area contributed by atoms with Gasteiger partial charge in [0.25, 0.3) is 5.91 Å². The quantitative estimate of drug-likeness (QED) is 0.510. The Bertz CT molecular complexity index is 1110. The van der Waals surface area contributed by atoms with E-state index in [0.717, 1.165) is 70.4 Å². The number of halogens is 1. The molecule has 1 aromatic heterocycles. The number of rotatable bonds is 5. The molecule has 4 nitrogen and oxygen atoms in total. The van der Waals surface area contributed by atoms with Gasteiger partial charge in [-0.1, -0.05) is 18.2 Å². The number of piperidine rings is 2. The van der Waals surface area contributed by atoms with Crippen LogP contribution in [0.2, 0.25) is 0 Å². The van der Waals surface area contributed by atoms with E-state index in [2.05, 4.69) is 34.6 Å². The molecule has 2 aliphatic heterocycles. The second-order valence-electron chi connectivity index (χ2n) is 9.73. The first-order chi connectivity index (χ1) is 16.1. The van der Waals surface area contributed by atoms with Gasteiger partial charge in [0.15, 0.2) is 0 Å². The van der Waals surface area contributed by atoms with Gasteiger partial charge in [-0.05, 0) is 86.7 Å². The molecule has 0 bridgehead atoms. The van der Waals surface area contributed by atoms with Crippen LogP contribution in [0.15, 0.2) is 48.5 Å². The van der Waals surface area contributed by atoms with Crippen LogP contribution in [0.4, 0.5) is 4.39 Å². The second kappa shape index (κ2) is 9.68. The standard InChI is InChI=1S/C28H34FN3O/c1-21-19-23-7-8-24(28(33)31-14-3-2-4-15-31)20-27(23)32(21)26-12-17-30(18-13-26)16-11-22-5-9-25(29)10-6-22/h5-10,19-20,26H,2-4,11-18H2,1H3. The lowest BCUT2D eigenvalue weighted by Gasteiger charge is -2.34. The molecule has 0 radical (unpaired) electrons. The van der Waals surface area contributed by atoms with Gasteiger partial charge in [0.2, 0.25) is 0 Å². The first-order valence-corrected chi connectivity index (χ1v) is 12.5. The van der Waals surface area contributed by atoms with Crippen molar-refractivity contribution in [3.05, 3.63) is 71.2 Å². The number of amides is 1. The van der Waals surface area contributed by atoms with E-state index in [9.17, 15) is 9.18 Å². The zero-order valence-electron chi connectivity index (χ0n) is 19.6. The molecule has 2 fully saturated rings. The normalized spacial score (nSPS) is 18.2. The number of likely N-dealkylation sites (tertiary alicyclic amines) is 2. The number of fused-ring (bicyclic) bond motifs is 1. The Morgan fingerprint density at radius 1 is 0.939 bits per heavy atom. The molecule has 174 valence electrons. The first kappa shape index (κ1) is 22.1. The molecule has 1 amide bonds. The Morgan fingerprint density at radius 2 is 1.67 bits per heavy atom. The largest absolute Gasteiger partial charge is 0.342 e. The third kappa shape index (κ3) is 4.84. The number of aromatic nitrogens is 1. The third-order valence-corrected chi connectivity index (χ3v) is 7.48. The van der Waals surface area contributed by atoms with Crippen LogP contribution in [0.25, 0.3) is 10.9 Å². The highest BCUT2D eigenvalue weighted by molar-refractivity contribution is 5.98. The summed E-state index contributed by atoms with van der Waals surface area (Å²) in [4.78, 5) is 17.6. The van der Waals surface area contributed by atoms with E-state index in [1.165, 1.54) is 28.6 Å². The van der Waals surface area contributed by atoms with Gasteiger partial charge in [-0.2, -0.15) is 0 Å². The van der Waals surface area contributed by atoms with Crippen LogP contribution < -0.4 is 0 Å². The third-order valence-electron chi connectivity index (χ3n) is 7.48. The average molecular weight is 448 g/mol. The zero-order chi connectivity index (χ0) is 22.8. The summed E-state index contributed by atoms with van der Waals surface area (Å²) in [6.07, 6.45) is 6.63. The molecule has 5 rings (SSSR count). The average Bonchev–Trinajstić information content (AvgIpc) is 3.19. The van der Waals surface area contributed by atoms with Gasteiger partial charge >= 0.3 is 0 Å². The fourth-order valence-electron chi connectivity index (χ4n) is 5.60. The van der Waals surface area contributed by atoms with Crippen molar-refractivity contribution in [3.8, 4) is 0 Å². The van der Waals surface area contributed by atoms with E-state index in [0.29, 0.717) is 6.04 Å². The Hall–Kier alpha value is -2.66. The van der Waals surface area contributed by atoms with Gasteiger partial charge in [0, 0.05) is 55.5 Å². The van der Waals surface area contributed by atoms with Gasteiger partial charge in [0.1, 0.15) is 5.82 Å². The van der Waals surface area contributed by atoms with Gasteiger partial charge in [-0.3, -0.25) is 4.79 Å². The van der Waals surface area contributed by atoms with Crippen LogP contribution in [0.1, 0.15) is 59.8 Å². The van der Waals surface area contributed by atoms with Gasteiger partial charge in [-0.25, -0.2) is 4.39 Å². The van der Waals surface area contributed by atoms with Crippen LogP contribution in [-0.4, -0.2) is 53.0 Å². The first-order valence-electron chi connectivity index (χ1n) is 12.5. The van der Waals surface area contributed by atoms with E-state index in [4.69, 9.17) is 0 Å². The Balaban J connectivity index is 1.27. The summed E-state index contributed by atoms with van der Waals surface area (Å²) in [5.41, 5.74) is 4.48. The van der Waals surface area contributed by atoms with Crippen molar-refractivity contribution in [2.45, 2.75) is 51.5 Å². The van der Waals surface area contributed by atoms with Gasteiger partial charge in [0.05, 0.1) is 0 Å². The molecule has 0 N–H and O–H groups in total. The molecule has 3 heterocycles. The highest BCUT2D eigenvalue weighted by Gasteiger charge is 2.24. The predicted octanol–water partition coefficient (Wildman–Crippen LogP) is 5.59. The number of carbonyl (C=O) groups is 1. The van der Waals surface area contributed by atoms with E-state index in [1.54, 1.807) is 12.1 Å². The minimum absolute atomic E-state index is 0.172. The highest BCUT2D eigenvalue weighted by Crippen LogP contribution is 2.31. The van der Waals surface area contributed by atoms with Crippen LogP contribution in [0, 0.1) is 12.7 Å². The molecule has 2 aromatic carbocycles. The molecule has 2 saturated heterocycles. The smallest absolute Gasteiger partial charge is 0.253 e. The van der Waals surface area contributed by atoms with Crippen molar-refractivity contribution >= 4 is 16.8 Å². The van der Waals surface area contributed by atoms with Crippen molar-refractivity contribution in [1.29, 1.82) is 0 Å². The maximum absolute atomic E-state index is 13.1. The second-order valence-corrected chi connectivity index (χ2v) is 9.73. The Kier molecular flexibility index (Phi) is 6.50. The summed E-state index contributed by atoms with van der Waals surface area (Å²) in [6, 6.07) is 15.8. The summed E-state index contributed by atoms with van der Waals surface area (Å²) in [7, 11) is 0. The molecule has 5 heteroatoms. The fourth-order valence-corrected chi connectivity index (χ4v) is 5.60. The zero-order valence-corrected chi connectivity index (χ0v) is 19.6. The van der Waals surface area contributed by atoms with E-state index >= 15 is 0 Å². The number of hydrogen-bond acceptors (Lipinski definition) is 2. The minimum atomic E-state index is -0.172. The molecule has 0 spiro atoms. The SMILES string of the molecule is Cc1cc2ccc(C(=O)N3CCCCC3)cc2n1C1CCN(CCc2ccc(F)cc2)CC1. The van der Waals surface area contributed by atoms with E-state index < -0.39 is 0 Å². The lowest BCUT2D eigenvalue weighted by molar-refractivity contribution is 0.0724. The maximum atomic E-state index is 13.1. The fraction of sp³-hybridized carbons (Fsp3) is 0.464. The Morgan fingerprint density at radius 3 is 2.39 bits per heavy atom. The lowest BCUT2D eigenvalue weighted by atomic mass is 10.0. The molecule has 0 aliphatic carbocycles. The van der Waals surface area contributed by atoms with Crippen molar-refractivity contribution in [1.82, 2.24) is 14.4 Å². The maximum Gasteiger partial charge on any atom is 0.253 e.